The van der Waals surface area contributed by atoms with E-state index < -0.39 is 0 Å². The van der Waals surface area contributed by atoms with Crippen molar-refractivity contribution >= 4 is 49.9 Å². The van der Waals surface area contributed by atoms with Crippen LogP contribution in [0.5, 0.6) is 0 Å². The molecule has 0 unspecified atom stereocenters. The Balaban J connectivity index is 1.42. The first-order valence-corrected chi connectivity index (χ1v) is 9.94. The molecule has 0 saturated heterocycles. The number of hydrogen-bond donors (Lipinski definition) is 3. The van der Waals surface area contributed by atoms with Crippen molar-refractivity contribution in [3.8, 4) is 0 Å². The average molecular weight is 386 g/mol. The van der Waals surface area contributed by atoms with Crippen molar-refractivity contribution in [1.29, 1.82) is 0 Å². The van der Waals surface area contributed by atoms with Gasteiger partial charge < -0.3 is 10.6 Å². The van der Waals surface area contributed by atoms with Crippen LogP contribution in [0.2, 0.25) is 0 Å². The molecule has 0 spiro atoms. The third-order valence-corrected chi connectivity index (χ3v) is 5.46. The standard InChI is InChI=1S/C21H18N6S/c1-2-4-6-14(5-3-1)12-22-21-25-18-9-10-28-19(18)20(26-21)24-16-7-8-17-15(11-16)13-23-27-17/h1-5,7-11,13H,6,12H2,(H,23,27)(H2,22,24,25,26). The molecule has 1 aliphatic carbocycles. The summed E-state index contributed by atoms with van der Waals surface area (Å²) in [5, 5.41) is 17.0. The molecule has 28 heavy (non-hydrogen) atoms. The van der Waals surface area contributed by atoms with Crippen molar-refractivity contribution in [2.24, 2.45) is 0 Å². The second-order valence-electron chi connectivity index (χ2n) is 6.52. The van der Waals surface area contributed by atoms with Crippen molar-refractivity contribution in [3.63, 3.8) is 0 Å². The van der Waals surface area contributed by atoms with Crippen molar-refractivity contribution in [2.45, 2.75) is 6.42 Å². The summed E-state index contributed by atoms with van der Waals surface area (Å²) < 4.78 is 1.04. The molecule has 5 rings (SSSR count). The number of benzene rings is 1. The van der Waals surface area contributed by atoms with Crippen LogP contribution in [0.3, 0.4) is 0 Å². The van der Waals surface area contributed by atoms with Crippen molar-refractivity contribution in [2.75, 3.05) is 17.2 Å². The van der Waals surface area contributed by atoms with E-state index in [0.717, 1.165) is 39.0 Å². The molecule has 1 aromatic carbocycles. The third-order valence-electron chi connectivity index (χ3n) is 4.55. The molecule has 0 atom stereocenters. The van der Waals surface area contributed by atoms with E-state index in [1.54, 1.807) is 11.3 Å². The fourth-order valence-electron chi connectivity index (χ4n) is 3.13. The predicted molar refractivity (Wildman–Crippen MR) is 116 cm³/mol. The molecular weight excluding hydrogens is 368 g/mol. The van der Waals surface area contributed by atoms with E-state index in [1.807, 2.05) is 35.9 Å². The highest BCUT2D eigenvalue weighted by Crippen LogP contribution is 2.30. The van der Waals surface area contributed by atoms with Crippen molar-refractivity contribution < 1.29 is 0 Å². The first-order valence-electron chi connectivity index (χ1n) is 9.06. The van der Waals surface area contributed by atoms with E-state index in [1.165, 1.54) is 5.57 Å². The Hall–Kier alpha value is -3.45. The van der Waals surface area contributed by atoms with Crippen LogP contribution in [0, 0.1) is 0 Å². The van der Waals surface area contributed by atoms with Crippen LogP contribution in [0.1, 0.15) is 6.42 Å². The largest absolute Gasteiger partial charge is 0.350 e. The van der Waals surface area contributed by atoms with Crippen LogP contribution in [0.4, 0.5) is 17.5 Å². The molecule has 0 radical (unpaired) electrons. The summed E-state index contributed by atoms with van der Waals surface area (Å²) in [5.41, 5.74) is 4.20. The van der Waals surface area contributed by atoms with Gasteiger partial charge in [0.25, 0.3) is 0 Å². The molecule has 3 heterocycles. The zero-order valence-electron chi connectivity index (χ0n) is 15.0. The number of aromatic amines is 1. The van der Waals surface area contributed by atoms with Crippen LogP contribution < -0.4 is 10.6 Å². The Morgan fingerprint density at radius 2 is 2.11 bits per heavy atom. The minimum atomic E-state index is 0.621. The molecule has 138 valence electrons. The number of rotatable bonds is 5. The quantitative estimate of drug-likeness (QED) is 0.441. The molecule has 1 aliphatic rings. The van der Waals surface area contributed by atoms with Gasteiger partial charge in [-0.15, -0.1) is 11.3 Å². The molecule has 0 bridgehead atoms. The number of fused-ring (bicyclic) bond motifs is 2. The summed E-state index contributed by atoms with van der Waals surface area (Å²) in [6.45, 7) is 0.713. The van der Waals surface area contributed by atoms with Crippen LogP contribution in [0.25, 0.3) is 21.1 Å². The molecule has 0 fully saturated rings. The molecule has 7 heteroatoms. The number of H-pyrrole nitrogens is 1. The van der Waals surface area contributed by atoms with Gasteiger partial charge in [-0.25, -0.2) is 4.98 Å². The maximum absolute atomic E-state index is 4.73. The molecule has 3 aromatic heterocycles. The van der Waals surface area contributed by atoms with Crippen LogP contribution >= 0.6 is 11.3 Å². The number of anilines is 3. The molecule has 3 N–H and O–H groups in total. The minimum absolute atomic E-state index is 0.621. The lowest BCUT2D eigenvalue weighted by atomic mass is 10.2. The zero-order chi connectivity index (χ0) is 18.8. The smallest absolute Gasteiger partial charge is 0.225 e. The van der Waals surface area contributed by atoms with Gasteiger partial charge in [0.05, 0.1) is 21.9 Å². The monoisotopic (exact) mass is 386 g/mol. The molecule has 6 nitrogen and oxygen atoms in total. The lowest BCUT2D eigenvalue weighted by Crippen LogP contribution is -2.08. The number of nitrogens with one attached hydrogen (secondary N) is 3. The summed E-state index contributed by atoms with van der Waals surface area (Å²) in [4.78, 5) is 9.39. The SMILES string of the molecule is C1=CC=C(CNc2nc(Nc3ccc4[nH]ncc4c3)c3sccc3n2)CC=C1. The van der Waals surface area contributed by atoms with Gasteiger partial charge in [0.1, 0.15) is 0 Å². The minimum Gasteiger partial charge on any atom is -0.350 e. The van der Waals surface area contributed by atoms with E-state index in [2.05, 4.69) is 56.2 Å². The average Bonchev–Trinajstić information content (AvgIpc) is 3.29. The maximum Gasteiger partial charge on any atom is 0.225 e. The Labute approximate surface area is 165 Å². The fourth-order valence-corrected chi connectivity index (χ4v) is 3.91. The van der Waals surface area contributed by atoms with E-state index in [4.69, 9.17) is 4.98 Å². The molecule has 0 amide bonds. The van der Waals surface area contributed by atoms with Gasteiger partial charge in [-0.2, -0.15) is 10.1 Å². The van der Waals surface area contributed by atoms with Gasteiger partial charge in [0.2, 0.25) is 5.95 Å². The Bertz CT molecular complexity index is 1230. The highest BCUT2D eigenvalue weighted by molar-refractivity contribution is 7.17. The number of hydrogen-bond acceptors (Lipinski definition) is 6. The Kier molecular flexibility index (Phi) is 4.34. The summed E-state index contributed by atoms with van der Waals surface area (Å²) in [6.07, 6.45) is 13.2. The van der Waals surface area contributed by atoms with E-state index >= 15 is 0 Å². The van der Waals surface area contributed by atoms with Crippen molar-refractivity contribution in [1.82, 2.24) is 20.2 Å². The van der Waals surface area contributed by atoms with Crippen LogP contribution in [0.15, 0.2) is 71.8 Å². The van der Waals surface area contributed by atoms with E-state index in [-0.39, 0.29) is 0 Å². The van der Waals surface area contributed by atoms with Crippen LogP contribution in [-0.2, 0) is 0 Å². The van der Waals surface area contributed by atoms with E-state index in [9.17, 15) is 0 Å². The summed E-state index contributed by atoms with van der Waals surface area (Å²) in [7, 11) is 0. The topological polar surface area (TPSA) is 78.5 Å². The van der Waals surface area contributed by atoms with Gasteiger partial charge >= 0.3 is 0 Å². The molecule has 4 aromatic rings. The van der Waals surface area contributed by atoms with Gasteiger partial charge in [-0.05, 0) is 41.6 Å². The molecule has 0 aliphatic heterocycles. The van der Waals surface area contributed by atoms with Gasteiger partial charge in [0, 0.05) is 17.6 Å². The van der Waals surface area contributed by atoms with E-state index in [0.29, 0.717) is 12.5 Å². The number of thiophene rings is 1. The van der Waals surface area contributed by atoms with Gasteiger partial charge in [0.15, 0.2) is 5.82 Å². The normalized spacial score (nSPS) is 13.6. The predicted octanol–water partition coefficient (Wildman–Crippen LogP) is 5.17. The highest BCUT2D eigenvalue weighted by Gasteiger charge is 2.10. The first-order chi connectivity index (χ1) is 13.8. The number of allylic oxidation sites excluding steroid dienone is 5. The lowest BCUT2D eigenvalue weighted by Gasteiger charge is -2.11. The summed E-state index contributed by atoms with van der Waals surface area (Å²) >= 11 is 1.63. The fraction of sp³-hybridized carbons (Fsp3) is 0.0952. The number of aromatic nitrogens is 4. The third kappa shape index (κ3) is 3.39. The Morgan fingerprint density at radius 1 is 1.11 bits per heavy atom. The second kappa shape index (κ2) is 7.28. The summed E-state index contributed by atoms with van der Waals surface area (Å²) in [5.74, 6) is 1.43. The molecular formula is C21H18N6S. The first kappa shape index (κ1) is 16.7. The van der Waals surface area contributed by atoms with Crippen LogP contribution in [-0.4, -0.2) is 26.7 Å². The lowest BCUT2D eigenvalue weighted by molar-refractivity contribution is 1.07. The molecule has 0 saturated carbocycles. The Morgan fingerprint density at radius 3 is 3.11 bits per heavy atom. The highest BCUT2D eigenvalue weighted by atomic mass is 32.1. The van der Waals surface area contributed by atoms with Gasteiger partial charge in [-0.1, -0.05) is 30.4 Å². The second-order valence-corrected chi connectivity index (χ2v) is 7.44. The van der Waals surface area contributed by atoms with Crippen molar-refractivity contribution in [3.05, 3.63) is 71.8 Å². The van der Waals surface area contributed by atoms with Gasteiger partial charge in [-0.3, -0.25) is 5.10 Å². The zero-order valence-corrected chi connectivity index (χ0v) is 15.8. The number of nitrogens with zero attached hydrogens (tertiary/aromatic N) is 3. The summed E-state index contributed by atoms with van der Waals surface area (Å²) in [6, 6.07) is 8.11. The maximum atomic E-state index is 4.73.